The molecule has 1 fully saturated rings. The second-order valence-corrected chi connectivity index (χ2v) is 19.3. The van der Waals surface area contributed by atoms with Crippen molar-refractivity contribution >= 4 is 19.8 Å². The number of phosphoric ester groups is 1. The molecule has 0 aromatic carbocycles. The number of ether oxygens (including phenoxy) is 3. The number of hydrogen-bond donors (Lipinski definition) is 0. The summed E-state index contributed by atoms with van der Waals surface area (Å²) in [4.78, 5) is 37.8. The molecule has 0 aliphatic carbocycles. The third-order valence-corrected chi connectivity index (χ3v) is 11.7. The number of carbonyl (C=O) groups excluding carboxylic acids is 2. The summed E-state index contributed by atoms with van der Waals surface area (Å²) in [5, 5.41) is 0. The van der Waals surface area contributed by atoms with Crippen molar-refractivity contribution in [1.29, 1.82) is 0 Å². The summed E-state index contributed by atoms with van der Waals surface area (Å²) in [6, 6.07) is 0. The second-order valence-electron chi connectivity index (χ2n) is 17.9. The van der Waals surface area contributed by atoms with Gasteiger partial charge in [0.05, 0.1) is 40.0 Å². The van der Waals surface area contributed by atoms with Gasteiger partial charge in [-0.1, -0.05) is 152 Å². The molecule has 61 heavy (non-hydrogen) atoms. The van der Waals surface area contributed by atoms with Crippen molar-refractivity contribution in [2.45, 2.75) is 212 Å². The van der Waals surface area contributed by atoms with E-state index >= 15 is 0 Å². The minimum Gasteiger partial charge on any atom is -0.756 e. The van der Waals surface area contributed by atoms with Gasteiger partial charge in [-0.3, -0.25) is 14.2 Å². The third kappa shape index (κ3) is 39.3. The fourth-order valence-electron chi connectivity index (χ4n) is 6.79. The molecule has 10 nitrogen and oxygen atoms in total. The number of esters is 2. The molecule has 4 atom stereocenters. The summed E-state index contributed by atoms with van der Waals surface area (Å²) in [6.07, 6.45) is 47.3. The SMILES string of the molecule is CCCCC/C=C\C/C=C\C/C=C\CC1OC1CCCC(=O)OC[C@H](COP(=O)([O-])OCC[N+](C)(C)C)OC(=O)CCCCCCCCCCC/C=C\CCCCCCCC. The number of allylic oxidation sites excluding steroid dienone is 7. The number of phosphoric acid groups is 1. The highest BCUT2D eigenvalue weighted by molar-refractivity contribution is 7.45. The average molecular weight is 880 g/mol. The molecule has 1 aliphatic rings. The van der Waals surface area contributed by atoms with Gasteiger partial charge in [0, 0.05) is 12.8 Å². The van der Waals surface area contributed by atoms with Gasteiger partial charge >= 0.3 is 11.9 Å². The van der Waals surface area contributed by atoms with Crippen LogP contribution in [0.1, 0.15) is 194 Å². The van der Waals surface area contributed by atoms with Crippen LogP contribution in [0, 0.1) is 0 Å². The van der Waals surface area contributed by atoms with E-state index in [2.05, 4.69) is 62.5 Å². The lowest BCUT2D eigenvalue weighted by Gasteiger charge is -2.28. The van der Waals surface area contributed by atoms with Crippen molar-refractivity contribution in [1.82, 2.24) is 0 Å². The smallest absolute Gasteiger partial charge is 0.306 e. The van der Waals surface area contributed by atoms with Crippen LogP contribution in [0.2, 0.25) is 0 Å². The monoisotopic (exact) mass is 880 g/mol. The molecule has 0 saturated carbocycles. The Morgan fingerprint density at radius 2 is 1.10 bits per heavy atom. The van der Waals surface area contributed by atoms with E-state index in [-0.39, 0.29) is 38.3 Å². The molecule has 1 heterocycles. The Kier molecular flexibility index (Phi) is 35.8. The molecule has 0 aromatic heterocycles. The van der Waals surface area contributed by atoms with Crippen molar-refractivity contribution in [3.05, 3.63) is 48.6 Å². The van der Waals surface area contributed by atoms with E-state index in [1.165, 1.54) is 109 Å². The van der Waals surface area contributed by atoms with Crippen LogP contribution in [0.3, 0.4) is 0 Å². The third-order valence-electron chi connectivity index (χ3n) is 10.7. The highest BCUT2D eigenvalue weighted by atomic mass is 31.2. The van der Waals surface area contributed by atoms with E-state index in [4.69, 9.17) is 23.3 Å². The van der Waals surface area contributed by atoms with Crippen LogP contribution in [0.5, 0.6) is 0 Å². The normalized spacial score (nSPS) is 17.2. The van der Waals surface area contributed by atoms with Crippen LogP contribution >= 0.6 is 7.82 Å². The maximum Gasteiger partial charge on any atom is 0.306 e. The first-order valence-electron chi connectivity index (χ1n) is 24.5. The lowest BCUT2D eigenvalue weighted by molar-refractivity contribution is -0.870. The number of nitrogens with zero attached hydrogens (tertiary/aromatic N) is 1. The number of epoxide rings is 1. The van der Waals surface area contributed by atoms with Gasteiger partial charge in [-0.2, -0.15) is 0 Å². The lowest BCUT2D eigenvalue weighted by atomic mass is 10.1. The Morgan fingerprint density at radius 1 is 0.607 bits per heavy atom. The lowest BCUT2D eigenvalue weighted by Crippen LogP contribution is -2.37. The Morgan fingerprint density at radius 3 is 1.70 bits per heavy atom. The molecule has 1 rings (SSSR count). The fraction of sp³-hybridized carbons (Fsp3) is 0.800. The maximum atomic E-state index is 12.7. The molecule has 0 aromatic rings. The molecule has 0 bridgehead atoms. The molecular formula is C50H90NO9P. The first-order chi connectivity index (χ1) is 29.5. The Bertz CT molecular complexity index is 1240. The van der Waals surface area contributed by atoms with E-state index in [9.17, 15) is 19.0 Å². The summed E-state index contributed by atoms with van der Waals surface area (Å²) in [7, 11) is 1.12. The predicted octanol–water partition coefficient (Wildman–Crippen LogP) is 12.6. The molecule has 354 valence electrons. The van der Waals surface area contributed by atoms with Crippen molar-refractivity contribution in [2.24, 2.45) is 0 Å². The van der Waals surface area contributed by atoms with Crippen molar-refractivity contribution < 1.29 is 46.8 Å². The Labute approximate surface area is 373 Å². The molecule has 0 spiro atoms. The van der Waals surface area contributed by atoms with Crippen LogP contribution in [0.25, 0.3) is 0 Å². The second kappa shape index (κ2) is 38.4. The van der Waals surface area contributed by atoms with Crippen LogP contribution in [-0.2, 0) is 37.4 Å². The van der Waals surface area contributed by atoms with Crippen LogP contribution in [-0.4, -0.2) is 82.2 Å². The highest BCUT2D eigenvalue weighted by Gasteiger charge is 2.36. The predicted molar refractivity (Wildman–Crippen MR) is 249 cm³/mol. The molecule has 0 N–H and O–H groups in total. The zero-order valence-electron chi connectivity index (χ0n) is 39.5. The summed E-state index contributed by atoms with van der Waals surface area (Å²) in [5.41, 5.74) is 0. The quantitative estimate of drug-likeness (QED) is 0.0147. The van der Waals surface area contributed by atoms with Crippen molar-refractivity contribution in [3.8, 4) is 0 Å². The number of rotatable bonds is 43. The van der Waals surface area contributed by atoms with Gasteiger partial charge in [-0.25, -0.2) is 0 Å². The van der Waals surface area contributed by atoms with E-state index in [1.807, 2.05) is 21.1 Å². The summed E-state index contributed by atoms with van der Waals surface area (Å²) >= 11 is 0. The van der Waals surface area contributed by atoms with Gasteiger partial charge < -0.3 is 32.6 Å². The first kappa shape index (κ1) is 56.9. The van der Waals surface area contributed by atoms with Crippen molar-refractivity contribution in [2.75, 3.05) is 47.5 Å². The standard InChI is InChI=1S/C50H90NO9P/c1-6-8-10-12-14-16-18-20-21-22-23-24-25-26-28-30-32-34-36-40-50(53)59-46(45-58-61(54,55)57-43-42-51(3,4)5)44-56-49(52)41-37-39-48-47(60-48)38-35-33-31-29-27-19-17-15-13-11-9-7-2/h15,17,20-21,27,29,33,35,46-48H,6-14,16,18-19,22-26,28,30-32,34,36-45H2,1-5H3/b17-15-,21-20-,29-27-,35-33-/t46-,47?,48?/m1/s1. The number of carbonyl (C=O) groups is 2. The number of quaternary nitrogens is 1. The summed E-state index contributed by atoms with van der Waals surface area (Å²) < 4.78 is 39.8. The summed E-state index contributed by atoms with van der Waals surface area (Å²) in [5.74, 6) is -0.912. The molecule has 3 unspecified atom stereocenters. The highest BCUT2D eigenvalue weighted by Crippen LogP contribution is 2.38. The molecule has 1 aliphatic heterocycles. The number of likely N-dealkylation sites (N-methyl/N-ethyl adjacent to an activating group) is 1. The number of unbranched alkanes of at least 4 members (excludes halogenated alkanes) is 18. The maximum absolute atomic E-state index is 12.7. The zero-order chi connectivity index (χ0) is 44.7. The Hall–Kier alpha value is -2.07. The fourth-order valence-corrected chi connectivity index (χ4v) is 7.52. The largest absolute Gasteiger partial charge is 0.756 e. The minimum absolute atomic E-state index is 0.0444. The van der Waals surface area contributed by atoms with E-state index < -0.39 is 32.5 Å². The average Bonchev–Trinajstić information content (AvgIpc) is 3.97. The topological polar surface area (TPSA) is 124 Å². The molecular weight excluding hydrogens is 790 g/mol. The minimum atomic E-state index is -4.65. The van der Waals surface area contributed by atoms with Gasteiger partial charge in [-0.05, 0) is 77.0 Å². The van der Waals surface area contributed by atoms with Crippen LogP contribution in [0.4, 0.5) is 0 Å². The van der Waals surface area contributed by atoms with Crippen LogP contribution in [0.15, 0.2) is 48.6 Å². The molecule has 0 radical (unpaired) electrons. The van der Waals surface area contributed by atoms with E-state index in [0.717, 1.165) is 44.9 Å². The van der Waals surface area contributed by atoms with Gasteiger partial charge in [0.15, 0.2) is 6.10 Å². The van der Waals surface area contributed by atoms with E-state index in [0.29, 0.717) is 23.9 Å². The summed E-state index contributed by atoms with van der Waals surface area (Å²) in [6.45, 7) is 4.12. The van der Waals surface area contributed by atoms with E-state index in [1.54, 1.807) is 0 Å². The molecule has 1 saturated heterocycles. The zero-order valence-corrected chi connectivity index (χ0v) is 40.4. The van der Waals surface area contributed by atoms with Gasteiger partial charge in [-0.15, -0.1) is 0 Å². The van der Waals surface area contributed by atoms with Gasteiger partial charge in [0.2, 0.25) is 0 Å². The van der Waals surface area contributed by atoms with Gasteiger partial charge in [0.25, 0.3) is 7.82 Å². The van der Waals surface area contributed by atoms with Gasteiger partial charge in [0.1, 0.15) is 19.8 Å². The van der Waals surface area contributed by atoms with Crippen LogP contribution < -0.4 is 4.89 Å². The first-order valence-corrected chi connectivity index (χ1v) is 25.9. The Balaban J connectivity index is 2.29. The molecule has 0 amide bonds. The van der Waals surface area contributed by atoms with Crippen molar-refractivity contribution in [3.63, 3.8) is 0 Å². The number of hydrogen-bond acceptors (Lipinski definition) is 9. The molecule has 11 heteroatoms.